The van der Waals surface area contributed by atoms with E-state index in [0.29, 0.717) is 6.61 Å². The van der Waals surface area contributed by atoms with Gasteiger partial charge in [-0.15, -0.1) is 5.10 Å². The molecule has 4 heteroatoms. The zero-order valence-corrected chi connectivity index (χ0v) is 9.76. The summed E-state index contributed by atoms with van der Waals surface area (Å²) in [5, 5.41) is 11.0. The summed E-state index contributed by atoms with van der Waals surface area (Å²) in [4.78, 5) is 0. The van der Waals surface area contributed by atoms with Crippen molar-refractivity contribution in [1.82, 2.24) is 10.2 Å². The second kappa shape index (κ2) is 5.96. The van der Waals surface area contributed by atoms with E-state index in [4.69, 9.17) is 4.74 Å². The van der Waals surface area contributed by atoms with E-state index in [1.54, 1.807) is 13.3 Å². The Morgan fingerprint density at radius 1 is 1.12 bits per heavy atom. The van der Waals surface area contributed by atoms with Gasteiger partial charge < -0.3 is 10.1 Å². The lowest BCUT2D eigenvalue weighted by atomic mass is 10.1. The number of rotatable bonds is 5. The number of nitrogens with zero attached hydrogens (tertiary/aromatic N) is 2. The van der Waals surface area contributed by atoms with Gasteiger partial charge in [0.1, 0.15) is 5.82 Å². The predicted octanol–water partition coefficient (Wildman–Crippen LogP) is 2.24. The fourth-order valence-corrected chi connectivity index (χ4v) is 1.61. The van der Waals surface area contributed by atoms with E-state index in [0.717, 1.165) is 12.4 Å². The Kier molecular flexibility index (Phi) is 4.05. The van der Waals surface area contributed by atoms with Crippen molar-refractivity contribution in [3.05, 3.63) is 53.7 Å². The van der Waals surface area contributed by atoms with Gasteiger partial charge in [0, 0.05) is 19.9 Å². The molecule has 0 aliphatic heterocycles. The molecule has 0 saturated heterocycles. The third kappa shape index (κ3) is 3.26. The molecule has 0 amide bonds. The van der Waals surface area contributed by atoms with Gasteiger partial charge in [-0.2, -0.15) is 5.10 Å². The summed E-state index contributed by atoms with van der Waals surface area (Å²) in [6.07, 6.45) is 1.66. The molecule has 1 N–H and O–H groups in total. The third-order valence-electron chi connectivity index (χ3n) is 2.45. The van der Waals surface area contributed by atoms with Gasteiger partial charge in [-0.25, -0.2) is 0 Å². The van der Waals surface area contributed by atoms with E-state index < -0.39 is 0 Å². The molecule has 17 heavy (non-hydrogen) atoms. The van der Waals surface area contributed by atoms with Gasteiger partial charge in [-0.3, -0.25) is 0 Å². The van der Waals surface area contributed by atoms with E-state index in [2.05, 4.69) is 27.6 Å². The van der Waals surface area contributed by atoms with Crippen molar-refractivity contribution in [2.45, 2.75) is 13.2 Å². The maximum Gasteiger partial charge on any atom is 0.148 e. The Bertz CT molecular complexity index is 459. The maximum atomic E-state index is 5.16. The van der Waals surface area contributed by atoms with Crippen LogP contribution < -0.4 is 5.32 Å². The minimum atomic E-state index is 0.623. The van der Waals surface area contributed by atoms with Crippen LogP contribution in [0.25, 0.3) is 0 Å². The zero-order chi connectivity index (χ0) is 11.9. The molecule has 0 aliphatic rings. The molecule has 0 unspecified atom stereocenters. The quantitative estimate of drug-likeness (QED) is 0.854. The number of aromatic nitrogens is 2. The molecule has 1 heterocycles. The standard InChI is InChI=1S/C13H15N3O/c1-17-10-12-6-3-2-5-11(12)9-14-13-7-4-8-15-16-13/h2-8H,9-10H2,1H3,(H,14,16). The maximum absolute atomic E-state index is 5.16. The van der Waals surface area contributed by atoms with Gasteiger partial charge >= 0.3 is 0 Å². The molecule has 0 saturated carbocycles. The number of methoxy groups -OCH3 is 1. The molecule has 1 aromatic carbocycles. The minimum absolute atomic E-state index is 0.623. The van der Waals surface area contributed by atoms with E-state index >= 15 is 0 Å². The fraction of sp³-hybridized carbons (Fsp3) is 0.231. The van der Waals surface area contributed by atoms with Crippen LogP contribution in [-0.2, 0) is 17.9 Å². The summed E-state index contributed by atoms with van der Waals surface area (Å²) in [5.74, 6) is 0.778. The predicted molar refractivity (Wildman–Crippen MR) is 66.5 cm³/mol. The number of ether oxygens (including phenoxy) is 1. The number of anilines is 1. The van der Waals surface area contributed by atoms with Crippen LogP contribution in [-0.4, -0.2) is 17.3 Å². The smallest absolute Gasteiger partial charge is 0.148 e. The lowest BCUT2D eigenvalue weighted by Crippen LogP contribution is -2.05. The van der Waals surface area contributed by atoms with E-state index in [1.807, 2.05) is 24.3 Å². The van der Waals surface area contributed by atoms with Crippen molar-refractivity contribution < 1.29 is 4.74 Å². The molecule has 2 aromatic rings. The molecule has 0 fully saturated rings. The molecule has 0 radical (unpaired) electrons. The molecule has 4 nitrogen and oxygen atoms in total. The summed E-state index contributed by atoms with van der Waals surface area (Å²) in [6.45, 7) is 1.34. The van der Waals surface area contributed by atoms with Crippen LogP contribution in [0.3, 0.4) is 0 Å². The van der Waals surface area contributed by atoms with Gasteiger partial charge in [0.15, 0.2) is 0 Å². The van der Waals surface area contributed by atoms with Crippen LogP contribution in [0.1, 0.15) is 11.1 Å². The first kappa shape index (κ1) is 11.5. The molecule has 0 spiro atoms. The van der Waals surface area contributed by atoms with Crippen LogP contribution >= 0.6 is 0 Å². The van der Waals surface area contributed by atoms with Crippen molar-refractivity contribution in [2.75, 3.05) is 12.4 Å². The normalized spacial score (nSPS) is 10.2. The number of nitrogens with one attached hydrogen (secondary N) is 1. The highest BCUT2D eigenvalue weighted by Crippen LogP contribution is 2.11. The van der Waals surface area contributed by atoms with Crippen molar-refractivity contribution in [1.29, 1.82) is 0 Å². The van der Waals surface area contributed by atoms with E-state index in [-0.39, 0.29) is 0 Å². The van der Waals surface area contributed by atoms with Crippen molar-refractivity contribution in [2.24, 2.45) is 0 Å². The molecule has 2 rings (SSSR count). The van der Waals surface area contributed by atoms with Crippen LogP contribution in [0.5, 0.6) is 0 Å². The average Bonchev–Trinajstić information content (AvgIpc) is 2.39. The lowest BCUT2D eigenvalue weighted by Gasteiger charge is -2.09. The highest BCUT2D eigenvalue weighted by Gasteiger charge is 2.01. The van der Waals surface area contributed by atoms with Crippen LogP contribution in [0.2, 0.25) is 0 Å². The SMILES string of the molecule is COCc1ccccc1CNc1cccnn1. The molecule has 1 aromatic heterocycles. The third-order valence-corrected chi connectivity index (χ3v) is 2.45. The summed E-state index contributed by atoms with van der Waals surface area (Å²) >= 11 is 0. The molecule has 0 bridgehead atoms. The molecular formula is C13H15N3O. The van der Waals surface area contributed by atoms with Crippen molar-refractivity contribution in [3.63, 3.8) is 0 Å². The second-order valence-corrected chi connectivity index (χ2v) is 3.66. The molecule has 0 aliphatic carbocycles. The monoisotopic (exact) mass is 229 g/mol. The first-order chi connectivity index (χ1) is 8.40. The Morgan fingerprint density at radius 3 is 2.65 bits per heavy atom. The molecular weight excluding hydrogens is 214 g/mol. The summed E-state index contributed by atoms with van der Waals surface area (Å²) in [5.41, 5.74) is 2.39. The number of benzene rings is 1. The van der Waals surface area contributed by atoms with E-state index in [9.17, 15) is 0 Å². The molecule has 0 atom stereocenters. The zero-order valence-electron chi connectivity index (χ0n) is 9.76. The Labute approximate surface area is 101 Å². The molecule has 88 valence electrons. The Balaban J connectivity index is 2.03. The van der Waals surface area contributed by atoms with Gasteiger partial charge in [0.2, 0.25) is 0 Å². The first-order valence-corrected chi connectivity index (χ1v) is 5.47. The summed E-state index contributed by atoms with van der Waals surface area (Å²) < 4.78 is 5.16. The number of hydrogen-bond donors (Lipinski definition) is 1. The minimum Gasteiger partial charge on any atom is -0.380 e. The average molecular weight is 229 g/mol. The Hall–Kier alpha value is -1.94. The summed E-state index contributed by atoms with van der Waals surface area (Å²) in [6, 6.07) is 11.9. The van der Waals surface area contributed by atoms with Crippen LogP contribution in [0, 0.1) is 0 Å². The van der Waals surface area contributed by atoms with Crippen molar-refractivity contribution in [3.8, 4) is 0 Å². The highest BCUT2D eigenvalue weighted by molar-refractivity contribution is 5.35. The largest absolute Gasteiger partial charge is 0.380 e. The number of hydrogen-bond acceptors (Lipinski definition) is 4. The van der Waals surface area contributed by atoms with Gasteiger partial charge in [0.05, 0.1) is 6.61 Å². The first-order valence-electron chi connectivity index (χ1n) is 5.47. The summed E-state index contributed by atoms with van der Waals surface area (Å²) in [7, 11) is 1.70. The van der Waals surface area contributed by atoms with Gasteiger partial charge in [-0.1, -0.05) is 24.3 Å². The van der Waals surface area contributed by atoms with Gasteiger partial charge in [0.25, 0.3) is 0 Å². The highest BCUT2D eigenvalue weighted by atomic mass is 16.5. The lowest BCUT2D eigenvalue weighted by molar-refractivity contribution is 0.184. The van der Waals surface area contributed by atoms with Crippen molar-refractivity contribution >= 4 is 5.82 Å². The van der Waals surface area contributed by atoms with Gasteiger partial charge in [-0.05, 0) is 23.3 Å². The topological polar surface area (TPSA) is 47.0 Å². The van der Waals surface area contributed by atoms with Crippen LogP contribution in [0.4, 0.5) is 5.82 Å². The Morgan fingerprint density at radius 2 is 1.94 bits per heavy atom. The van der Waals surface area contributed by atoms with E-state index in [1.165, 1.54) is 11.1 Å². The van der Waals surface area contributed by atoms with Crippen LogP contribution in [0.15, 0.2) is 42.6 Å². The second-order valence-electron chi connectivity index (χ2n) is 3.66. The fourth-order valence-electron chi connectivity index (χ4n) is 1.61.